The summed E-state index contributed by atoms with van der Waals surface area (Å²) in [5, 5.41) is 13.5. The Morgan fingerprint density at radius 1 is 1.40 bits per heavy atom. The van der Waals surface area contributed by atoms with Crippen LogP contribution in [-0.4, -0.2) is 22.2 Å². The van der Waals surface area contributed by atoms with E-state index in [-0.39, 0.29) is 11.4 Å². The van der Waals surface area contributed by atoms with Crippen molar-refractivity contribution in [2.45, 2.75) is 6.92 Å². The van der Waals surface area contributed by atoms with Gasteiger partial charge in [0.15, 0.2) is 0 Å². The summed E-state index contributed by atoms with van der Waals surface area (Å²) in [7, 11) is 0. The number of pyridine rings is 1. The molecule has 0 spiro atoms. The minimum atomic E-state index is -0.416. The van der Waals surface area contributed by atoms with E-state index in [4.69, 9.17) is 0 Å². The van der Waals surface area contributed by atoms with Crippen molar-refractivity contribution in [2.24, 2.45) is 5.10 Å². The zero-order chi connectivity index (χ0) is 14.5. The zero-order valence-corrected chi connectivity index (χ0v) is 12.3. The van der Waals surface area contributed by atoms with Crippen molar-refractivity contribution in [3.8, 4) is 5.75 Å². The smallest absolute Gasteiger partial charge is 0.289 e. The monoisotopic (exact) mass is 333 g/mol. The summed E-state index contributed by atoms with van der Waals surface area (Å²) in [4.78, 5) is 15.7. The lowest BCUT2D eigenvalue weighted by Crippen LogP contribution is -2.18. The van der Waals surface area contributed by atoms with Crippen LogP contribution < -0.4 is 5.43 Å². The lowest BCUT2D eigenvalue weighted by molar-refractivity contribution is 0.0950. The minimum Gasteiger partial charge on any atom is -0.507 e. The van der Waals surface area contributed by atoms with E-state index in [0.717, 1.165) is 10.0 Å². The summed E-state index contributed by atoms with van der Waals surface area (Å²) in [6.07, 6.45) is 2.91. The molecule has 0 aliphatic rings. The molecule has 2 aromatic rings. The molecule has 0 radical (unpaired) electrons. The summed E-state index contributed by atoms with van der Waals surface area (Å²) >= 11 is 3.24. The molecule has 1 aromatic heterocycles. The maximum Gasteiger partial charge on any atom is 0.289 e. The topological polar surface area (TPSA) is 74.6 Å². The number of halogens is 1. The second-order valence-corrected chi connectivity index (χ2v) is 5.04. The van der Waals surface area contributed by atoms with Gasteiger partial charge in [-0.15, -0.1) is 0 Å². The van der Waals surface area contributed by atoms with Crippen LogP contribution >= 0.6 is 15.9 Å². The second-order valence-electron chi connectivity index (χ2n) is 4.12. The van der Waals surface area contributed by atoms with Gasteiger partial charge in [-0.25, -0.2) is 10.4 Å². The van der Waals surface area contributed by atoms with Crippen LogP contribution in [0, 0.1) is 6.92 Å². The van der Waals surface area contributed by atoms with Crippen LogP contribution in [0.4, 0.5) is 0 Å². The molecule has 20 heavy (non-hydrogen) atoms. The Balaban J connectivity index is 2.02. The number of nitrogens with zero attached hydrogens (tertiary/aromatic N) is 2. The molecule has 1 amide bonds. The molecule has 0 aliphatic carbocycles. The number of carbonyl (C=O) groups excluding carboxylic acids is 1. The molecule has 0 bridgehead atoms. The van der Waals surface area contributed by atoms with Crippen molar-refractivity contribution >= 4 is 28.1 Å². The van der Waals surface area contributed by atoms with Gasteiger partial charge >= 0.3 is 0 Å². The first-order valence-electron chi connectivity index (χ1n) is 5.81. The fourth-order valence-corrected chi connectivity index (χ4v) is 1.73. The number of rotatable bonds is 3. The Morgan fingerprint density at radius 2 is 2.20 bits per heavy atom. The molecule has 6 heteroatoms. The van der Waals surface area contributed by atoms with Crippen LogP contribution in [0.25, 0.3) is 0 Å². The van der Waals surface area contributed by atoms with Crippen LogP contribution in [0.2, 0.25) is 0 Å². The van der Waals surface area contributed by atoms with E-state index < -0.39 is 5.91 Å². The summed E-state index contributed by atoms with van der Waals surface area (Å²) in [5.41, 5.74) is 4.09. The van der Waals surface area contributed by atoms with Gasteiger partial charge in [-0.2, -0.15) is 5.10 Å². The van der Waals surface area contributed by atoms with Gasteiger partial charge in [0.2, 0.25) is 0 Å². The van der Waals surface area contributed by atoms with Crippen LogP contribution in [0.5, 0.6) is 5.75 Å². The van der Waals surface area contributed by atoms with E-state index in [1.165, 1.54) is 12.4 Å². The molecule has 0 aliphatic heterocycles. The Hall–Kier alpha value is -2.21. The molecule has 5 nitrogen and oxygen atoms in total. The third kappa shape index (κ3) is 3.64. The van der Waals surface area contributed by atoms with E-state index in [1.807, 2.05) is 13.0 Å². The van der Waals surface area contributed by atoms with Gasteiger partial charge in [-0.1, -0.05) is 6.07 Å². The predicted molar refractivity (Wildman–Crippen MR) is 79.8 cm³/mol. The van der Waals surface area contributed by atoms with Crippen molar-refractivity contribution < 1.29 is 9.90 Å². The lowest BCUT2D eigenvalue weighted by atomic mass is 10.1. The van der Waals surface area contributed by atoms with Crippen LogP contribution in [0.15, 0.2) is 46.1 Å². The van der Waals surface area contributed by atoms with Gasteiger partial charge in [-0.05, 0) is 52.7 Å². The average Bonchev–Trinajstić information content (AvgIpc) is 2.42. The van der Waals surface area contributed by atoms with Gasteiger partial charge in [0.1, 0.15) is 11.4 Å². The van der Waals surface area contributed by atoms with Gasteiger partial charge < -0.3 is 5.11 Å². The molecular weight excluding hydrogens is 322 g/mol. The first-order chi connectivity index (χ1) is 9.56. The average molecular weight is 334 g/mol. The van der Waals surface area contributed by atoms with Crippen molar-refractivity contribution in [1.29, 1.82) is 0 Å². The van der Waals surface area contributed by atoms with Crippen LogP contribution in [0.1, 0.15) is 21.6 Å². The van der Waals surface area contributed by atoms with E-state index in [0.29, 0.717) is 5.56 Å². The number of phenolic OH excluding ortho intramolecular Hbond substituents is 1. The highest BCUT2D eigenvalue weighted by Crippen LogP contribution is 2.16. The number of phenols is 1. The Bertz CT molecular complexity index is 654. The molecule has 0 saturated heterocycles. The Morgan fingerprint density at radius 3 is 2.85 bits per heavy atom. The highest BCUT2D eigenvalue weighted by Gasteiger charge is 2.05. The van der Waals surface area contributed by atoms with Crippen molar-refractivity contribution in [3.05, 3.63) is 57.8 Å². The van der Waals surface area contributed by atoms with Gasteiger partial charge in [0.05, 0.1) is 6.21 Å². The predicted octanol–water partition coefficient (Wildman–Crippen LogP) is 2.62. The maximum atomic E-state index is 11.7. The van der Waals surface area contributed by atoms with Gasteiger partial charge in [-0.3, -0.25) is 4.79 Å². The fourth-order valence-electron chi connectivity index (χ4n) is 1.49. The number of hydrogen-bond acceptors (Lipinski definition) is 4. The standard InChI is InChI=1S/C14H12BrN3O2/c1-9-2-3-10(13(19)6-9)7-17-18-14(20)12-5-4-11(15)8-16-12/h2-8,19H,1H3,(H,18,20)/b17-7+. The number of benzene rings is 1. The molecule has 0 unspecified atom stereocenters. The maximum absolute atomic E-state index is 11.7. The van der Waals surface area contributed by atoms with E-state index in [1.54, 1.807) is 24.3 Å². The molecule has 1 aromatic carbocycles. The number of amides is 1. The van der Waals surface area contributed by atoms with Gasteiger partial charge in [0, 0.05) is 16.2 Å². The molecular formula is C14H12BrN3O2. The third-order valence-electron chi connectivity index (χ3n) is 2.52. The molecule has 2 rings (SSSR count). The van der Waals surface area contributed by atoms with Crippen molar-refractivity contribution in [1.82, 2.24) is 10.4 Å². The number of aromatic hydroxyl groups is 1. The van der Waals surface area contributed by atoms with E-state index in [9.17, 15) is 9.90 Å². The molecule has 0 fully saturated rings. The van der Waals surface area contributed by atoms with Crippen molar-refractivity contribution in [3.63, 3.8) is 0 Å². The van der Waals surface area contributed by atoms with Crippen molar-refractivity contribution in [2.75, 3.05) is 0 Å². The summed E-state index contributed by atoms with van der Waals surface area (Å²) < 4.78 is 0.794. The second kappa shape index (κ2) is 6.29. The Labute approximate surface area is 124 Å². The zero-order valence-electron chi connectivity index (χ0n) is 10.7. The minimum absolute atomic E-state index is 0.116. The quantitative estimate of drug-likeness (QED) is 0.669. The summed E-state index contributed by atoms with van der Waals surface area (Å²) in [5.74, 6) is -0.301. The third-order valence-corrected chi connectivity index (χ3v) is 2.98. The molecule has 102 valence electrons. The lowest BCUT2D eigenvalue weighted by Gasteiger charge is -2.01. The molecule has 0 atom stereocenters. The number of nitrogens with one attached hydrogen (secondary N) is 1. The SMILES string of the molecule is Cc1ccc(/C=N/NC(=O)c2ccc(Br)cn2)c(O)c1. The fraction of sp³-hybridized carbons (Fsp3) is 0.0714. The molecule has 2 N–H and O–H groups in total. The van der Waals surface area contributed by atoms with Crippen LogP contribution in [0.3, 0.4) is 0 Å². The first-order valence-corrected chi connectivity index (χ1v) is 6.60. The summed E-state index contributed by atoms with van der Waals surface area (Å²) in [6.45, 7) is 1.88. The normalized spacial score (nSPS) is 10.7. The number of aromatic nitrogens is 1. The van der Waals surface area contributed by atoms with E-state index >= 15 is 0 Å². The summed E-state index contributed by atoms with van der Waals surface area (Å²) in [6, 6.07) is 8.49. The Kier molecular flexibility index (Phi) is 4.47. The number of hydrogen-bond donors (Lipinski definition) is 2. The largest absolute Gasteiger partial charge is 0.507 e. The van der Waals surface area contributed by atoms with E-state index in [2.05, 4.69) is 31.4 Å². The highest BCUT2D eigenvalue weighted by atomic mass is 79.9. The molecule has 1 heterocycles. The van der Waals surface area contributed by atoms with Gasteiger partial charge in [0.25, 0.3) is 5.91 Å². The highest BCUT2D eigenvalue weighted by molar-refractivity contribution is 9.10. The van der Waals surface area contributed by atoms with Crippen LogP contribution in [-0.2, 0) is 0 Å². The number of aryl methyl sites for hydroxylation is 1. The number of carbonyl (C=O) groups is 1. The number of hydrazone groups is 1. The first kappa shape index (κ1) is 14.2. The molecule has 0 saturated carbocycles.